The average molecular weight is 272 g/mol. The summed E-state index contributed by atoms with van der Waals surface area (Å²) in [4.78, 5) is 22.4. The summed E-state index contributed by atoms with van der Waals surface area (Å²) in [6, 6.07) is 13.7. The normalized spacial score (nSPS) is 9.95. The molecule has 0 heterocycles. The summed E-state index contributed by atoms with van der Waals surface area (Å²) in [5.74, 6) is 0.0138. The second-order valence-electron chi connectivity index (χ2n) is 3.98. The number of hydrogen-bond donors (Lipinski definition) is 0. The predicted octanol–water partition coefficient (Wildman–Crippen LogP) is 3.09. The Hall–Kier alpha value is -1.99. The molecule has 0 aliphatic rings. The number of rotatable bonds is 4. The molecule has 0 saturated heterocycles. The van der Waals surface area contributed by atoms with Crippen LogP contribution in [0, 0.1) is 0 Å². The van der Waals surface area contributed by atoms with Crippen molar-refractivity contribution in [1.29, 1.82) is 0 Å². The van der Waals surface area contributed by atoms with Gasteiger partial charge in [0.25, 0.3) is 0 Å². The van der Waals surface area contributed by atoms with Crippen molar-refractivity contribution in [2.24, 2.45) is 0 Å². The molecule has 1 atom stereocenters. The van der Waals surface area contributed by atoms with Gasteiger partial charge in [0.05, 0.1) is 5.56 Å². The molecule has 4 heteroatoms. The van der Waals surface area contributed by atoms with Crippen molar-refractivity contribution in [1.82, 2.24) is 0 Å². The Morgan fingerprint density at radius 1 is 1.05 bits per heavy atom. The lowest BCUT2D eigenvalue weighted by Crippen LogP contribution is -2.08. The van der Waals surface area contributed by atoms with Crippen LogP contribution in [0.25, 0.3) is 0 Å². The third-order valence-corrected chi connectivity index (χ3v) is 3.12. The quantitative estimate of drug-likeness (QED) is 0.372. The lowest BCUT2D eigenvalue weighted by Gasteiger charge is -2.05. The van der Waals surface area contributed by atoms with Crippen molar-refractivity contribution >= 4 is 21.5 Å². The maximum atomic E-state index is 11.9. The highest BCUT2D eigenvalue weighted by molar-refractivity contribution is 7.15. The topological polar surface area (TPSA) is 43.4 Å². The summed E-state index contributed by atoms with van der Waals surface area (Å²) in [6.07, 6.45) is 1.59. The van der Waals surface area contributed by atoms with Crippen molar-refractivity contribution < 1.29 is 14.3 Å². The van der Waals surface area contributed by atoms with Crippen molar-refractivity contribution in [3.8, 4) is 5.75 Å². The van der Waals surface area contributed by atoms with Gasteiger partial charge in [0.1, 0.15) is 12.0 Å². The van der Waals surface area contributed by atoms with E-state index in [2.05, 4.69) is 9.24 Å². The van der Waals surface area contributed by atoms with Crippen LogP contribution >= 0.6 is 9.24 Å². The van der Waals surface area contributed by atoms with E-state index in [-0.39, 0.29) is 0 Å². The molecule has 1 unspecified atom stereocenters. The van der Waals surface area contributed by atoms with Crippen molar-refractivity contribution in [2.75, 3.05) is 0 Å². The van der Waals surface area contributed by atoms with Crippen molar-refractivity contribution in [2.45, 2.75) is 6.16 Å². The first-order valence-electron chi connectivity index (χ1n) is 5.79. The van der Waals surface area contributed by atoms with Crippen LogP contribution in [0.15, 0.2) is 48.5 Å². The smallest absolute Gasteiger partial charge is 0.343 e. The number of aldehydes is 1. The zero-order valence-electron chi connectivity index (χ0n) is 10.2. The first kappa shape index (κ1) is 13.4. The molecule has 19 heavy (non-hydrogen) atoms. The highest BCUT2D eigenvalue weighted by Crippen LogP contribution is 2.14. The van der Waals surface area contributed by atoms with Crippen LogP contribution in [0.2, 0.25) is 0 Å². The second-order valence-corrected chi connectivity index (χ2v) is 4.39. The Bertz CT molecular complexity index is 573. The van der Waals surface area contributed by atoms with E-state index in [1.807, 2.05) is 12.1 Å². The zero-order chi connectivity index (χ0) is 13.7. The van der Waals surface area contributed by atoms with Gasteiger partial charge in [-0.25, -0.2) is 4.79 Å². The summed E-state index contributed by atoms with van der Waals surface area (Å²) in [5, 5.41) is 0. The Labute approximate surface area is 113 Å². The van der Waals surface area contributed by atoms with Gasteiger partial charge in [-0.3, -0.25) is 4.79 Å². The molecule has 96 valence electrons. The predicted molar refractivity (Wildman–Crippen MR) is 76.6 cm³/mol. The molecule has 0 saturated carbocycles. The minimum absolute atomic E-state index is 0.408. The number of carbonyl (C=O) groups is 2. The highest BCUT2D eigenvalue weighted by Gasteiger charge is 2.08. The highest BCUT2D eigenvalue weighted by atomic mass is 31.0. The summed E-state index contributed by atoms with van der Waals surface area (Å²) >= 11 is 0. The van der Waals surface area contributed by atoms with E-state index >= 15 is 0 Å². The fraction of sp³-hybridized carbons (Fsp3) is 0.0667. The average Bonchev–Trinajstić information content (AvgIpc) is 2.48. The van der Waals surface area contributed by atoms with Gasteiger partial charge in [0, 0.05) is 5.56 Å². The van der Waals surface area contributed by atoms with E-state index in [4.69, 9.17) is 4.74 Å². The molecule has 0 amide bonds. The molecule has 0 aliphatic heterocycles. The van der Waals surface area contributed by atoms with E-state index < -0.39 is 5.97 Å². The van der Waals surface area contributed by atoms with Crippen LogP contribution in [0.4, 0.5) is 0 Å². The lowest BCUT2D eigenvalue weighted by atomic mass is 10.1. The molecule has 2 aromatic carbocycles. The van der Waals surface area contributed by atoms with E-state index in [0.29, 0.717) is 16.9 Å². The Morgan fingerprint density at radius 2 is 1.68 bits per heavy atom. The maximum absolute atomic E-state index is 11.9. The molecular formula is C15H13O3P. The minimum Gasteiger partial charge on any atom is -0.423 e. The van der Waals surface area contributed by atoms with Gasteiger partial charge in [0.15, 0.2) is 0 Å². The van der Waals surface area contributed by atoms with Gasteiger partial charge in [-0.2, -0.15) is 0 Å². The van der Waals surface area contributed by atoms with Crippen LogP contribution in [0.5, 0.6) is 5.75 Å². The maximum Gasteiger partial charge on any atom is 0.343 e. The zero-order valence-corrected chi connectivity index (χ0v) is 11.4. The van der Waals surface area contributed by atoms with E-state index in [9.17, 15) is 9.59 Å². The third-order valence-electron chi connectivity index (χ3n) is 2.65. The molecule has 0 radical (unpaired) electrons. The SMILES string of the molecule is O=Cc1ccc(OC(=O)c2ccc(CP)cc2)cc1. The Kier molecular flexibility index (Phi) is 4.43. The summed E-state index contributed by atoms with van der Waals surface area (Å²) in [7, 11) is 2.63. The first-order chi connectivity index (χ1) is 9.22. The molecule has 0 aliphatic carbocycles. The van der Waals surface area contributed by atoms with E-state index in [1.54, 1.807) is 36.4 Å². The van der Waals surface area contributed by atoms with Crippen LogP contribution in [-0.4, -0.2) is 12.3 Å². The Morgan fingerprint density at radius 3 is 2.21 bits per heavy atom. The fourth-order valence-electron chi connectivity index (χ4n) is 1.56. The molecule has 2 rings (SSSR count). The number of ether oxygens (including phenoxy) is 1. The molecule has 0 N–H and O–H groups in total. The second kappa shape index (κ2) is 6.26. The summed E-state index contributed by atoms with van der Waals surface area (Å²) < 4.78 is 5.21. The van der Waals surface area contributed by atoms with Crippen LogP contribution in [0.3, 0.4) is 0 Å². The van der Waals surface area contributed by atoms with Gasteiger partial charge >= 0.3 is 5.97 Å². The van der Waals surface area contributed by atoms with Gasteiger partial charge in [-0.1, -0.05) is 12.1 Å². The number of esters is 1. The molecule has 0 aromatic heterocycles. The van der Waals surface area contributed by atoms with Crippen LogP contribution < -0.4 is 4.74 Å². The Balaban J connectivity index is 2.08. The fourth-order valence-corrected chi connectivity index (χ4v) is 1.83. The van der Waals surface area contributed by atoms with Crippen LogP contribution in [-0.2, 0) is 6.16 Å². The monoisotopic (exact) mass is 272 g/mol. The molecule has 0 spiro atoms. The van der Waals surface area contributed by atoms with Crippen LogP contribution in [0.1, 0.15) is 26.3 Å². The van der Waals surface area contributed by atoms with Crippen molar-refractivity contribution in [3.63, 3.8) is 0 Å². The lowest BCUT2D eigenvalue weighted by molar-refractivity contribution is 0.0734. The number of carbonyl (C=O) groups excluding carboxylic acids is 2. The third kappa shape index (κ3) is 3.49. The molecule has 3 nitrogen and oxygen atoms in total. The molecule has 0 bridgehead atoms. The minimum atomic E-state index is -0.408. The number of benzene rings is 2. The van der Waals surface area contributed by atoms with Gasteiger partial charge in [-0.05, 0) is 48.1 Å². The number of hydrogen-bond acceptors (Lipinski definition) is 3. The van der Waals surface area contributed by atoms with E-state index in [0.717, 1.165) is 18.0 Å². The summed E-state index contributed by atoms with van der Waals surface area (Å²) in [5.41, 5.74) is 2.18. The standard InChI is InChI=1S/C15H13O3P/c16-9-11-3-7-14(8-4-11)18-15(17)13-5-1-12(10-19)2-6-13/h1-9H,10,19H2. The van der Waals surface area contributed by atoms with Gasteiger partial charge in [0.2, 0.25) is 0 Å². The molecule has 0 fully saturated rings. The van der Waals surface area contributed by atoms with Gasteiger partial charge in [-0.15, -0.1) is 9.24 Å². The van der Waals surface area contributed by atoms with E-state index in [1.165, 1.54) is 0 Å². The molecule has 2 aromatic rings. The van der Waals surface area contributed by atoms with Gasteiger partial charge < -0.3 is 4.74 Å². The summed E-state index contributed by atoms with van der Waals surface area (Å²) in [6.45, 7) is 0. The first-order valence-corrected chi connectivity index (χ1v) is 6.61. The van der Waals surface area contributed by atoms with Crippen molar-refractivity contribution in [3.05, 3.63) is 65.2 Å². The molecular weight excluding hydrogens is 259 g/mol. The largest absolute Gasteiger partial charge is 0.423 e.